The van der Waals surface area contributed by atoms with E-state index < -0.39 is 12.1 Å². The number of amides is 3. The predicted molar refractivity (Wildman–Crippen MR) is 126 cm³/mol. The second-order valence-electron chi connectivity index (χ2n) is 9.35. The topological polar surface area (TPSA) is 94.3 Å². The number of aromatic nitrogens is 1. The monoisotopic (exact) mass is 444 g/mol. The van der Waals surface area contributed by atoms with Gasteiger partial charge in [-0.25, -0.2) is 0 Å². The number of nitrogens with zero attached hydrogens (tertiary/aromatic N) is 1. The smallest absolute Gasteiger partial charge is 0.255 e. The quantitative estimate of drug-likeness (QED) is 0.565. The summed E-state index contributed by atoms with van der Waals surface area (Å²) in [5.74, 6) is -0.383. The molecular formula is C26H28N4O3. The van der Waals surface area contributed by atoms with Crippen LogP contribution in [0.4, 0.5) is 0 Å². The van der Waals surface area contributed by atoms with Crippen LogP contribution in [0.1, 0.15) is 54.0 Å². The Morgan fingerprint density at radius 2 is 1.82 bits per heavy atom. The first kappa shape index (κ1) is 21.2. The number of carbonyl (C=O) groups is 3. The van der Waals surface area contributed by atoms with Crippen LogP contribution in [0.15, 0.2) is 48.5 Å². The predicted octanol–water partition coefficient (Wildman–Crippen LogP) is 2.91. The normalized spacial score (nSPS) is 19.8. The average Bonchev–Trinajstić information content (AvgIpc) is 3.32. The van der Waals surface area contributed by atoms with Gasteiger partial charge in [0.15, 0.2) is 0 Å². The Kier molecular flexibility index (Phi) is 5.19. The standard InChI is InChI=1S/C26H28N4O3/c1-14(2)13-27-24(31)15(3)28-25(32)21-12-19-16-8-6-7-11-20(16)29-22(19)23-17-9-4-5-10-18(17)26(33)30(21)23/h4-11,14-15,21,23,29H,12-13H2,1-3H3,(H,27,31)(H,28,32)/t15-,21-,23?/m0/s1. The summed E-state index contributed by atoms with van der Waals surface area (Å²) < 4.78 is 0. The molecule has 1 unspecified atom stereocenters. The highest BCUT2D eigenvalue weighted by molar-refractivity contribution is 6.04. The van der Waals surface area contributed by atoms with Crippen molar-refractivity contribution < 1.29 is 14.4 Å². The molecule has 5 rings (SSSR count). The molecule has 1 aromatic heterocycles. The van der Waals surface area contributed by atoms with Crippen LogP contribution in [0, 0.1) is 5.92 Å². The van der Waals surface area contributed by atoms with Crippen molar-refractivity contribution >= 4 is 28.6 Å². The van der Waals surface area contributed by atoms with Crippen LogP contribution < -0.4 is 10.6 Å². The fourth-order valence-corrected chi connectivity index (χ4v) is 4.97. The van der Waals surface area contributed by atoms with E-state index >= 15 is 0 Å². The maximum atomic E-state index is 13.5. The summed E-state index contributed by atoms with van der Waals surface area (Å²) in [6.45, 7) is 6.25. The summed E-state index contributed by atoms with van der Waals surface area (Å²) in [6, 6.07) is 13.8. The van der Waals surface area contributed by atoms with Gasteiger partial charge < -0.3 is 20.5 Å². The molecule has 0 fully saturated rings. The molecule has 0 aliphatic carbocycles. The van der Waals surface area contributed by atoms with Crippen molar-refractivity contribution in [2.75, 3.05) is 6.54 Å². The number of rotatable bonds is 5. The van der Waals surface area contributed by atoms with Crippen LogP contribution in [-0.4, -0.2) is 46.2 Å². The van der Waals surface area contributed by atoms with Crippen LogP contribution in [0.25, 0.3) is 10.9 Å². The summed E-state index contributed by atoms with van der Waals surface area (Å²) in [7, 11) is 0. The molecule has 3 N–H and O–H groups in total. The fourth-order valence-electron chi connectivity index (χ4n) is 4.97. The Bertz CT molecular complexity index is 1260. The molecule has 3 aromatic rings. The third kappa shape index (κ3) is 3.48. The summed E-state index contributed by atoms with van der Waals surface area (Å²) >= 11 is 0. The van der Waals surface area contributed by atoms with Crippen molar-refractivity contribution in [1.82, 2.24) is 20.5 Å². The highest BCUT2D eigenvalue weighted by atomic mass is 16.2. The Hall–Kier alpha value is -3.61. The Balaban J connectivity index is 1.51. The molecule has 2 aromatic carbocycles. The maximum Gasteiger partial charge on any atom is 0.255 e. The van der Waals surface area contributed by atoms with Crippen molar-refractivity contribution in [3.63, 3.8) is 0 Å². The van der Waals surface area contributed by atoms with E-state index in [1.54, 1.807) is 11.8 Å². The van der Waals surface area contributed by atoms with Gasteiger partial charge in [0, 0.05) is 35.1 Å². The van der Waals surface area contributed by atoms with Gasteiger partial charge in [-0.3, -0.25) is 14.4 Å². The molecule has 0 saturated carbocycles. The Labute approximate surface area is 192 Å². The minimum Gasteiger partial charge on any atom is -0.356 e. The number of aromatic amines is 1. The number of fused-ring (bicyclic) bond motifs is 7. The molecule has 0 radical (unpaired) electrons. The van der Waals surface area contributed by atoms with Crippen LogP contribution in [0.2, 0.25) is 0 Å². The molecule has 0 spiro atoms. The number of benzene rings is 2. The van der Waals surface area contributed by atoms with E-state index in [4.69, 9.17) is 0 Å². The van der Waals surface area contributed by atoms with Crippen molar-refractivity contribution in [3.8, 4) is 0 Å². The fraction of sp³-hybridized carbons (Fsp3) is 0.346. The van der Waals surface area contributed by atoms with Gasteiger partial charge in [0.1, 0.15) is 12.1 Å². The van der Waals surface area contributed by atoms with Crippen LogP contribution in [0.3, 0.4) is 0 Å². The van der Waals surface area contributed by atoms with E-state index in [0.29, 0.717) is 24.4 Å². The highest BCUT2D eigenvalue weighted by Gasteiger charge is 2.49. The second-order valence-corrected chi connectivity index (χ2v) is 9.35. The Morgan fingerprint density at radius 3 is 2.61 bits per heavy atom. The first-order chi connectivity index (χ1) is 15.9. The van der Waals surface area contributed by atoms with E-state index in [2.05, 4.69) is 15.6 Å². The van der Waals surface area contributed by atoms with E-state index in [1.807, 2.05) is 62.4 Å². The first-order valence-electron chi connectivity index (χ1n) is 11.5. The van der Waals surface area contributed by atoms with Crippen molar-refractivity contribution in [2.45, 2.75) is 45.3 Å². The third-order valence-electron chi connectivity index (χ3n) is 6.59. The molecule has 7 heteroatoms. The van der Waals surface area contributed by atoms with E-state index in [-0.39, 0.29) is 23.8 Å². The lowest BCUT2D eigenvalue weighted by molar-refractivity contribution is -0.131. The first-order valence-corrected chi connectivity index (χ1v) is 11.5. The number of carbonyl (C=O) groups excluding carboxylic acids is 3. The Morgan fingerprint density at radius 1 is 1.09 bits per heavy atom. The SMILES string of the molecule is CC(C)CNC(=O)[C@H](C)NC(=O)[C@@H]1Cc2c([nH]c3ccccc23)C2c3ccccc3C(=O)N21. The van der Waals surface area contributed by atoms with Gasteiger partial charge >= 0.3 is 0 Å². The minimum absolute atomic E-state index is 0.156. The lowest BCUT2D eigenvalue weighted by Gasteiger charge is -2.37. The van der Waals surface area contributed by atoms with Gasteiger partial charge in [0.2, 0.25) is 11.8 Å². The summed E-state index contributed by atoms with van der Waals surface area (Å²) in [5, 5.41) is 6.76. The van der Waals surface area contributed by atoms with Gasteiger partial charge in [-0.2, -0.15) is 0 Å². The third-order valence-corrected chi connectivity index (χ3v) is 6.59. The lowest BCUT2D eigenvalue weighted by Crippen LogP contribution is -2.56. The van der Waals surface area contributed by atoms with Crippen LogP contribution in [0.5, 0.6) is 0 Å². The van der Waals surface area contributed by atoms with Gasteiger partial charge in [-0.05, 0) is 36.1 Å². The summed E-state index contributed by atoms with van der Waals surface area (Å²) in [5.41, 5.74) is 4.52. The number of hydrogen-bond donors (Lipinski definition) is 3. The molecule has 0 saturated heterocycles. The van der Waals surface area contributed by atoms with Gasteiger partial charge in [-0.15, -0.1) is 0 Å². The zero-order chi connectivity index (χ0) is 23.3. The minimum atomic E-state index is -0.707. The molecule has 170 valence electrons. The number of hydrogen-bond acceptors (Lipinski definition) is 3. The number of H-pyrrole nitrogens is 1. The summed E-state index contributed by atoms with van der Waals surface area (Å²) in [6.07, 6.45) is 0.391. The molecule has 3 atom stereocenters. The second kappa shape index (κ2) is 8.06. The summed E-state index contributed by atoms with van der Waals surface area (Å²) in [4.78, 5) is 44.5. The molecule has 0 bridgehead atoms. The van der Waals surface area contributed by atoms with Gasteiger partial charge in [0.05, 0.1) is 6.04 Å². The van der Waals surface area contributed by atoms with Crippen molar-refractivity contribution in [1.29, 1.82) is 0 Å². The highest BCUT2D eigenvalue weighted by Crippen LogP contribution is 2.46. The molecule has 2 aliphatic rings. The number of nitrogens with one attached hydrogen (secondary N) is 3. The van der Waals surface area contributed by atoms with Crippen LogP contribution >= 0.6 is 0 Å². The zero-order valence-electron chi connectivity index (χ0n) is 19.0. The average molecular weight is 445 g/mol. The molecular weight excluding hydrogens is 416 g/mol. The van der Waals surface area contributed by atoms with Gasteiger partial charge in [0.25, 0.3) is 5.91 Å². The van der Waals surface area contributed by atoms with E-state index in [1.165, 1.54) is 0 Å². The molecule has 3 amide bonds. The number of para-hydroxylation sites is 1. The maximum absolute atomic E-state index is 13.5. The zero-order valence-corrected chi connectivity index (χ0v) is 19.0. The largest absolute Gasteiger partial charge is 0.356 e. The van der Waals surface area contributed by atoms with Crippen LogP contribution in [-0.2, 0) is 16.0 Å². The molecule has 3 heterocycles. The van der Waals surface area contributed by atoms with Gasteiger partial charge in [-0.1, -0.05) is 50.2 Å². The lowest BCUT2D eigenvalue weighted by atomic mass is 9.90. The molecule has 33 heavy (non-hydrogen) atoms. The van der Waals surface area contributed by atoms with Crippen molar-refractivity contribution in [2.24, 2.45) is 5.92 Å². The van der Waals surface area contributed by atoms with Crippen molar-refractivity contribution in [3.05, 3.63) is 70.9 Å². The van der Waals surface area contributed by atoms with E-state index in [0.717, 1.165) is 27.7 Å². The molecule has 7 nitrogen and oxygen atoms in total. The van der Waals surface area contributed by atoms with E-state index in [9.17, 15) is 14.4 Å². The molecule has 2 aliphatic heterocycles.